The monoisotopic (exact) mass is 256 g/mol. The van der Waals surface area contributed by atoms with Gasteiger partial charge in [0.1, 0.15) is 17.7 Å². The maximum absolute atomic E-state index is 11.3. The highest BCUT2D eigenvalue weighted by Crippen LogP contribution is 2.32. The Morgan fingerprint density at radius 1 is 1.37 bits per heavy atom. The second-order valence-corrected chi connectivity index (χ2v) is 4.37. The Hall–Kier alpha value is -2.56. The zero-order valence-electron chi connectivity index (χ0n) is 10.5. The molecule has 0 unspecified atom stereocenters. The summed E-state index contributed by atoms with van der Waals surface area (Å²) in [6.45, 7) is 1.78. The van der Waals surface area contributed by atoms with E-state index in [1.54, 1.807) is 24.8 Å². The van der Waals surface area contributed by atoms with Crippen LogP contribution in [0.1, 0.15) is 16.3 Å². The van der Waals surface area contributed by atoms with E-state index in [9.17, 15) is 9.90 Å². The molecule has 0 saturated heterocycles. The van der Waals surface area contributed by atoms with Crippen LogP contribution in [0.25, 0.3) is 22.2 Å². The van der Waals surface area contributed by atoms with Crippen molar-refractivity contribution in [3.63, 3.8) is 0 Å². The molecule has 3 aromatic rings. The van der Waals surface area contributed by atoms with Gasteiger partial charge < -0.3 is 14.1 Å². The largest absolute Gasteiger partial charge is 0.476 e. The van der Waals surface area contributed by atoms with Crippen LogP contribution in [0.2, 0.25) is 0 Å². The summed E-state index contributed by atoms with van der Waals surface area (Å²) in [6, 6.07) is 7.53. The minimum atomic E-state index is -1.04. The molecule has 0 aliphatic heterocycles. The maximum Gasteiger partial charge on any atom is 0.356 e. The third-order valence-electron chi connectivity index (χ3n) is 3.26. The molecule has 3 rings (SSSR count). The third-order valence-corrected chi connectivity index (χ3v) is 3.26. The van der Waals surface area contributed by atoms with Gasteiger partial charge in [0.15, 0.2) is 5.69 Å². The van der Waals surface area contributed by atoms with Crippen LogP contribution in [0.3, 0.4) is 0 Å². The first kappa shape index (κ1) is 11.5. The lowest BCUT2D eigenvalue weighted by atomic mass is 10.1. The fourth-order valence-corrected chi connectivity index (χ4v) is 2.23. The second-order valence-electron chi connectivity index (χ2n) is 4.37. The molecule has 0 spiro atoms. The summed E-state index contributed by atoms with van der Waals surface area (Å²) in [5, 5.41) is 10.2. The topological polar surface area (TPSA) is 68.3 Å². The predicted molar refractivity (Wildman–Crippen MR) is 70.1 cm³/mol. The molecule has 5 heteroatoms. The van der Waals surface area contributed by atoms with Crippen LogP contribution in [0.5, 0.6) is 0 Å². The molecule has 0 fully saturated rings. The standard InChI is InChI=1S/C14H12N2O3/c1-8-15-12(14(17)18)13(16(8)2)10-7-19-11-6-4-3-5-9(10)11/h3-7H,1-2H3,(H,17,18). The van der Waals surface area contributed by atoms with E-state index in [2.05, 4.69) is 4.98 Å². The van der Waals surface area contributed by atoms with Crippen molar-refractivity contribution in [3.8, 4) is 11.3 Å². The molecule has 5 nitrogen and oxygen atoms in total. The van der Waals surface area contributed by atoms with Crippen LogP contribution in [0.4, 0.5) is 0 Å². The molecule has 1 aromatic carbocycles. The van der Waals surface area contributed by atoms with E-state index in [1.165, 1.54) is 0 Å². The summed E-state index contributed by atoms with van der Waals surface area (Å²) >= 11 is 0. The van der Waals surface area contributed by atoms with Crippen LogP contribution in [-0.2, 0) is 7.05 Å². The number of aryl methyl sites for hydroxylation is 1. The number of carbonyl (C=O) groups is 1. The van der Waals surface area contributed by atoms with Crippen LogP contribution in [-0.4, -0.2) is 20.6 Å². The Morgan fingerprint density at radius 2 is 2.11 bits per heavy atom. The van der Waals surface area contributed by atoms with E-state index in [-0.39, 0.29) is 5.69 Å². The highest BCUT2D eigenvalue weighted by molar-refractivity contribution is 6.00. The van der Waals surface area contributed by atoms with Crippen molar-refractivity contribution in [1.82, 2.24) is 9.55 Å². The molecule has 2 heterocycles. The SMILES string of the molecule is Cc1nc(C(=O)O)c(-c2coc3ccccc23)n1C. The Kier molecular flexibility index (Phi) is 2.41. The van der Waals surface area contributed by atoms with Crippen molar-refractivity contribution >= 4 is 16.9 Å². The average molecular weight is 256 g/mol. The van der Waals surface area contributed by atoms with Gasteiger partial charge in [-0.3, -0.25) is 0 Å². The normalized spacial score (nSPS) is 11.1. The van der Waals surface area contributed by atoms with E-state index in [1.807, 2.05) is 24.3 Å². The van der Waals surface area contributed by atoms with Gasteiger partial charge in [-0.15, -0.1) is 0 Å². The smallest absolute Gasteiger partial charge is 0.356 e. The van der Waals surface area contributed by atoms with Gasteiger partial charge in [0.05, 0.1) is 5.69 Å². The predicted octanol–water partition coefficient (Wildman–Crippen LogP) is 2.84. The van der Waals surface area contributed by atoms with Crippen LogP contribution in [0.15, 0.2) is 34.9 Å². The number of fused-ring (bicyclic) bond motifs is 1. The summed E-state index contributed by atoms with van der Waals surface area (Å²) in [5.74, 6) is -0.387. The first-order valence-corrected chi connectivity index (χ1v) is 5.83. The number of carboxylic acids is 1. The molecule has 96 valence electrons. The van der Waals surface area contributed by atoms with Gasteiger partial charge in [0, 0.05) is 18.0 Å². The zero-order chi connectivity index (χ0) is 13.6. The van der Waals surface area contributed by atoms with Gasteiger partial charge in [-0.25, -0.2) is 9.78 Å². The molecule has 0 atom stereocenters. The number of aromatic carboxylic acids is 1. The van der Waals surface area contributed by atoms with E-state index >= 15 is 0 Å². The number of rotatable bonds is 2. The van der Waals surface area contributed by atoms with Crippen molar-refractivity contribution < 1.29 is 14.3 Å². The van der Waals surface area contributed by atoms with Crippen LogP contribution < -0.4 is 0 Å². The van der Waals surface area contributed by atoms with Crippen molar-refractivity contribution in [2.45, 2.75) is 6.92 Å². The number of imidazole rings is 1. The van der Waals surface area contributed by atoms with E-state index in [0.717, 1.165) is 16.5 Å². The summed E-state index contributed by atoms with van der Waals surface area (Å²) in [7, 11) is 1.80. The number of nitrogens with zero attached hydrogens (tertiary/aromatic N) is 2. The van der Waals surface area contributed by atoms with Crippen molar-refractivity contribution in [1.29, 1.82) is 0 Å². The first-order valence-electron chi connectivity index (χ1n) is 5.83. The van der Waals surface area contributed by atoms with Gasteiger partial charge in [-0.05, 0) is 13.0 Å². The Bertz CT molecular complexity index is 783. The Labute approximate surface area is 109 Å². The highest BCUT2D eigenvalue weighted by Gasteiger charge is 2.22. The number of para-hydroxylation sites is 1. The molecule has 1 N–H and O–H groups in total. The quantitative estimate of drug-likeness (QED) is 0.765. The number of hydrogen-bond donors (Lipinski definition) is 1. The molecular formula is C14H12N2O3. The number of aromatic nitrogens is 2. The maximum atomic E-state index is 11.3. The van der Waals surface area contributed by atoms with Crippen LogP contribution in [0, 0.1) is 6.92 Å². The number of benzene rings is 1. The molecule has 0 saturated carbocycles. The number of carboxylic acid groups (broad SMARTS) is 1. The van der Waals surface area contributed by atoms with E-state index in [0.29, 0.717) is 11.5 Å². The molecular weight excluding hydrogens is 244 g/mol. The number of hydrogen-bond acceptors (Lipinski definition) is 3. The van der Waals surface area contributed by atoms with Gasteiger partial charge in [0.25, 0.3) is 0 Å². The van der Waals surface area contributed by atoms with Gasteiger partial charge in [-0.2, -0.15) is 0 Å². The fraction of sp³-hybridized carbons (Fsp3) is 0.143. The minimum absolute atomic E-state index is 0.0477. The van der Waals surface area contributed by atoms with Crippen LogP contribution >= 0.6 is 0 Å². The Balaban J connectivity index is 2.36. The summed E-state index contributed by atoms with van der Waals surface area (Å²) < 4.78 is 7.23. The molecule has 0 radical (unpaired) electrons. The van der Waals surface area contributed by atoms with Crippen molar-refractivity contribution in [2.24, 2.45) is 7.05 Å². The minimum Gasteiger partial charge on any atom is -0.476 e. The van der Waals surface area contributed by atoms with Gasteiger partial charge in [-0.1, -0.05) is 18.2 Å². The lowest BCUT2D eigenvalue weighted by molar-refractivity contribution is 0.0692. The van der Waals surface area contributed by atoms with Crippen molar-refractivity contribution in [3.05, 3.63) is 42.0 Å². The third kappa shape index (κ3) is 1.62. The molecule has 2 aromatic heterocycles. The zero-order valence-corrected chi connectivity index (χ0v) is 10.5. The number of furan rings is 1. The lowest BCUT2D eigenvalue weighted by Gasteiger charge is -2.02. The van der Waals surface area contributed by atoms with Crippen molar-refractivity contribution in [2.75, 3.05) is 0 Å². The molecule has 19 heavy (non-hydrogen) atoms. The molecule has 0 aliphatic rings. The lowest BCUT2D eigenvalue weighted by Crippen LogP contribution is -2.01. The first-order chi connectivity index (χ1) is 9.09. The average Bonchev–Trinajstić information content (AvgIpc) is 2.92. The molecule has 0 bridgehead atoms. The molecule has 0 amide bonds. The van der Waals surface area contributed by atoms with Gasteiger partial charge in [0.2, 0.25) is 0 Å². The summed E-state index contributed by atoms with van der Waals surface area (Å²) in [5.41, 5.74) is 2.09. The fourth-order valence-electron chi connectivity index (χ4n) is 2.23. The molecule has 0 aliphatic carbocycles. The summed E-state index contributed by atoms with van der Waals surface area (Å²) in [4.78, 5) is 15.4. The van der Waals surface area contributed by atoms with E-state index < -0.39 is 5.97 Å². The Morgan fingerprint density at radius 3 is 2.84 bits per heavy atom. The van der Waals surface area contributed by atoms with E-state index in [4.69, 9.17) is 4.42 Å². The second kappa shape index (κ2) is 3.98. The highest BCUT2D eigenvalue weighted by atomic mass is 16.4. The summed E-state index contributed by atoms with van der Waals surface area (Å²) in [6.07, 6.45) is 1.58. The van der Waals surface area contributed by atoms with Gasteiger partial charge >= 0.3 is 5.97 Å².